The Morgan fingerprint density at radius 2 is 1.87 bits per heavy atom. The lowest BCUT2D eigenvalue weighted by molar-refractivity contribution is -0.0494. The average molecular weight is 527 g/mol. The second-order valence-corrected chi connectivity index (χ2v) is 9.97. The van der Waals surface area contributed by atoms with E-state index in [-0.39, 0.29) is 42.2 Å². The number of benzene rings is 1. The van der Waals surface area contributed by atoms with Crippen LogP contribution in [0.25, 0.3) is 11.3 Å². The van der Waals surface area contributed by atoms with E-state index in [1.807, 2.05) is 0 Å². The Hall–Kier alpha value is -3.60. The maximum atomic E-state index is 13.0. The Bertz CT molecular complexity index is 1280. The standard InChI is InChI=1S/C27H28F2N4O5/c1-35-26(34)21-12-31-23(13-30-21)33-16-8-9-17(33)11-18(10-16)36-14-20-24(32-38-25(20)15-6-7-15)19-4-2-3-5-22(19)37-27(28)29/h2-5,12-13,15-18,27H,6-11,14H2,1H3. The van der Waals surface area contributed by atoms with Gasteiger partial charge in [0.15, 0.2) is 5.69 Å². The van der Waals surface area contributed by atoms with Crippen LogP contribution < -0.4 is 9.64 Å². The van der Waals surface area contributed by atoms with E-state index in [9.17, 15) is 13.6 Å². The van der Waals surface area contributed by atoms with Crippen molar-refractivity contribution in [2.75, 3.05) is 12.0 Å². The number of ether oxygens (including phenoxy) is 3. The Morgan fingerprint density at radius 1 is 1.11 bits per heavy atom. The zero-order chi connectivity index (χ0) is 26.2. The third-order valence-electron chi connectivity index (χ3n) is 7.58. The lowest BCUT2D eigenvalue weighted by Gasteiger charge is -2.39. The van der Waals surface area contributed by atoms with Gasteiger partial charge >= 0.3 is 12.6 Å². The van der Waals surface area contributed by atoms with Crippen LogP contribution in [-0.2, 0) is 16.1 Å². The Morgan fingerprint density at radius 3 is 2.53 bits per heavy atom. The monoisotopic (exact) mass is 526 g/mol. The minimum atomic E-state index is -2.94. The molecule has 200 valence electrons. The summed E-state index contributed by atoms with van der Waals surface area (Å²) in [5, 5.41) is 4.26. The van der Waals surface area contributed by atoms with E-state index < -0.39 is 12.6 Å². The molecular formula is C27H28F2N4O5. The number of methoxy groups -OCH3 is 1. The van der Waals surface area contributed by atoms with E-state index >= 15 is 0 Å². The number of alkyl halides is 2. The van der Waals surface area contributed by atoms with Gasteiger partial charge in [-0.1, -0.05) is 17.3 Å². The Labute approximate surface area is 218 Å². The van der Waals surface area contributed by atoms with Crippen molar-refractivity contribution in [3.05, 3.63) is 53.7 Å². The maximum Gasteiger partial charge on any atom is 0.387 e. The first-order valence-electron chi connectivity index (χ1n) is 12.8. The molecule has 0 radical (unpaired) electrons. The van der Waals surface area contributed by atoms with Crippen molar-refractivity contribution < 1.29 is 32.3 Å². The highest BCUT2D eigenvalue weighted by molar-refractivity contribution is 5.86. The molecule has 11 heteroatoms. The summed E-state index contributed by atoms with van der Waals surface area (Å²) in [4.78, 5) is 22.7. The molecule has 2 unspecified atom stereocenters. The zero-order valence-electron chi connectivity index (χ0n) is 20.9. The first kappa shape index (κ1) is 24.7. The quantitative estimate of drug-likeness (QED) is 0.352. The summed E-state index contributed by atoms with van der Waals surface area (Å²) in [7, 11) is 1.31. The fourth-order valence-corrected chi connectivity index (χ4v) is 5.70. The van der Waals surface area contributed by atoms with E-state index in [2.05, 4.69) is 20.0 Å². The molecule has 4 heterocycles. The van der Waals surface area contributed by atoms with Gasteiger partial charge in [0, 0.05) is 29.1 Å². The van der Waals surface area contributed by atoms with Gasteiger partial charge in [-0.3, -0.25) is 0 Å². The lowest BCUT2D eigenvalue weighted by atomic mass is 9.99. The molecular weight excluding hydrogens is 498 g/mol. The number of carbonyl (C=O) groups is 1. The van der Waals surface area contributed by atoms with Crippen LogP contribution in [-0.4, -0.2) is 53.0 Å². The van der Waals surface area contributed by atoms with Crippen molar-refractivity contribution >= 4 is 11.8 Å². The van der Waals surface area contributed by atoms with Crippen LogP contribution in [0.1, 0.15) is 66.3 Å². The molecule has 2 saturated heterocycles. The number of fused-ring (bicyclic) bond motifs is 2. The summed E-state index contributed by atoms with van der Waals surface area (Å²) < 4.78 is 47.7. The van der Waals surface area contributed by atoms with Crippen molar-refractivity contribution in [1.82, 2.24) is 15.1 Å². The number of anilines is 1. The second kappa shape index (κ2) is 10.3. The lowest BCUT2D eigenvalue weighted by Crippen LogP contribution is -2.46. The van der Waals surface area contributed by atoms with E-state index in [0.717, 1.165) is 55.7 Å². The number of rotatable bonds is 9. The van der Waals surface area contributed by atoms with E-state index in [0.29, 0.717) is 11.3 Å². The molecule has 9 nitrogen and oxygen atoms in total. The van der Waals surface area contributed by atoms with Gasteiger partial charge in [0.2, 0.25) is 0 Å². The molecule has 1 saturated carbocycles. The molecule has 3 aromatic rings. The number of hydrogen-bond acceptors (Lipinski definition) is 9. The zero-order valence-corrected chi connectivity index (χ0v) is 20.9. The molecule has 1 aromatic carbocycles. The predicted octanol–water partition coefficient (Wildman–Crippen LogP) is 5.11. The minimum Gasteiger partial charge on any atom is -0.464 e. The fraction of sp³-hybridized carbons (Fsp3) is 0.481. The number of hydrogen-bond donors (Lipinski definition) is 0. The van der Waals surface area contributed by atoms with Crippen LogP contribution in [0.2, 0.25) is 0 Å². The van der Waals surface area contributed by atoms with Crippen LogP contribution in [0, 0.1) is 0 Å². The fourth-order valence-electron chi connectivity index (χ4n) is 5.70. The second-order valence-electron chi connectivity index (χ2n) is 9.97. The van der Waals surface area contributed by atoms with Crippen LogP contribution in [0.15, 0.2) is 41.2 Å². The van der Waals surface area contributed by atoms with Gasteiger partial charge in [-0.15, -0.1) is 0 Å². The van der Waals surface area contributed by atoms with E-state index in [1.54, 1.807) is 24.4 Å². The number of esters is 1. The van der Waals surface area contributed by atoms with Gasteiger partial charge in [0.05, 0.1) is 32.2 Å². The van der Waals surface area contributed by atoms with Gasteiger partial charge in [-0.25, -0.2) is 14.8 Å². The van der Waals surface area contributed by atoms with Crippen molar-refractivity contribution in [2.45, 2.75) is 75.8 Å². The van der Waals surface area contributed by atoms with E-state index in [1.165, 1.54) is 19.4 Å². The van der Waals surface area contributed by atoms with Gasteiger partial charge in [0.1, 0.15) is 23.0 Å². The van der Waals surface area contributed by atoms with Gasteiger partial charge in [-0.05, 0) is 50.7 Å². The third-order valence-corrected chi connectivity index (χ3v) is 7.58. The molecule has 0 N–H and O–H groups in total. The highest BCUT2D eigenvalue weighted by Crippen LogP contribution is 2.46. The number of halogens is 2. The molecule has 0 amide bonds. The predicted molar refractivity (Wildman–Crippen MR) is 131 cm³/mol. The van der Waals surface area contributed by atoms with Crippen molar-refractivity contribution in [3.63, 3.8) is 0 Å². The first-order valence-corrected chi connectivity index (χ1v) is 12.8. The highest BCUT2D eigenvalue weighted by Gasteiger charge is 2.42. The van der Waals surface area contributed by atoms with Crippen LogP contribution >= 0.6 is 0 Å². The smallest absolute Gasteiger partial charge is 0.387 e. The summed E-state index contributed by atoms with van der Waals surface area (Å²) in [6.07, 6.45) is 8.81. The number of aromatic nitrogens is 3. The maximum absolute atomic E-state index is 13.0. The highest BCUT2D eigenvalue weighted by atomic mass is 19.3. The summed E-state index contributed by atoms with van der Waals surface area (Å²) in [5.74, 6) is 1.35. The van der Waals surface area contributed by atoms with Crippen molar-refractivity contribution in [1.29, 1.82) is 0 Å². The van der Waals surface area contributed by atoms with Crippen LogP contribution in [0.3, 0.4) is 0 Å². The topological polar surface area (TPSA) is 99.8 Å². The molecule has 2 aliphatic heterocycles. The Balaban J connectivity index is 1.17. The van der Waals surface area contributed by atoms with Crippen LogP contribution in [0.5, 0.6) is 5.75 Å². The normalized spacial score (nSPS) is 22.6. The molecule has 38 heavy (non-hydrogen) atoms. The van der Waals surface area contributed by atoms with Gasteiger partial charge in [0.25, 0.3) is 0 Å². The minimum absolute atomic E-state index is 0.0217. The van der Waals surface area contributed by atoms with Crippen molar-refractivity contribution in [3.8, 4) is 17.0 Å². The summed E-state index contributed by atoms with van der Waals surface area (Å²) in [6, 6.07) is 7.13. The largest absolute Gasteiger partial charge is 0.464 e. The number of carbonyl (C=O) groups excluding carboxylic acids is 1. The summed E-state index contributed by atoms with van der Waals surface area (Å²) >= 11 is 0. The molecule has 1 aliphatic carbocycles. The van der Waals surface area contributed by atoms with Crippen molar-refractivity contribution in [2.24, 2.45) is 0 Å². The molecule has 3 fully saturated rings. The molecule has 0 spiro atoms. The summed E-state index contributed by atoms with van der Waals surface area (Å²) in [5.41, 5.74) is 1.94. The SMILES string of the molecule is COC(=O)c1cnc(N2C3CCC2CC(OCc2c(-c4ccccc4OC(F)F)noc2C2CC2)C3)cn1. The molecule has 6 rings (SSSR count). The van der Waals surface area contributed by atoms with Crippen LogP contribution in [0.4, 0.5) is 14.6 Å². The van der Waals surface area contributed by atoms with Gasteiger partial charge < -0.3 is 23.6 Å². The average Bonchev–Trinajstić information content (AvgIpc) is 3.63. The first-order chi connectivity index (χ1) is 18.5. The summed E-state index contributed by atoms with van der Waals surface area (Å²) in [6.45, 7) is -2.65. The molecule has 2 bridgehead atoms. The number of para-hydroxylation sites is 1. The molecule has 3 aliphatic rings. The molecule has 2 atom stereocenters. The Kier molecular flexibility index (Phi) is 6.69. The number of nitrogens with zero attached hydrogens (tertiary/aromatic N) is 4. The van der Waals surface area contributed by atoms with E-state index in [4.69, 9.17) is 18.7 Å². The number of piperidine rings is 1. The van der Waals surface area contributed by atoms with Gasteiger partial charge in [-0.2, -0.15) is 8.78 Å². The molecule has 2 aromatic heterocycles. The third kappa shape index (κ3) is 4.82.